The Morgan fingerprint density at radius 3 is 2.38 bits per heavy atom. The van der Waals surface area contributed by atoms with Gasteiger partial charge in [-0.25, -0.2) is 0 Å². The highest BCUT2D eigenvalue weighted by Gasteiger charge is 2.46. The largest absolute Gasteiger partial charge is 0.381 e. The lowest BCUT2D eigenvalue weighted by Crippen LogP contribution is -2.43. The first kappa shape index (κ1) is 18.9. The van der Waals surface area contributed by atoms with Crippen molar-refractivity contribution in [1.29, 1.82) is 0 Å². The second-order valence-electron chi connectivity index (χ2n) is 9.25. The Kier molecular flexibility index (Phi) is 4.95. The van der Waals surface area contributed by atoms with E-state index in [9.17, 15) is 4.79 Å². The van der Waals surface area contributed by atoms with Crippen molar-refractivity contribution in [1.82, 2.24) is 0 Å². The van der Waals surface area contributed by atoms with Gasteiger partial charge in [0, 0.05) is 36.8 Å². The van der Waals surface area contributed by atoms with Gasteiger partial charge >= 0.3 is 0 Å². The molecule has 2 fully saturated rings. The summed E-state index contributed by atoms with van der Waals surface area (Å²) >= 11 is 0. The summed E-state index contributed by atoms with van der Waals surface area (Å²) in [5.41, 5.74) is 6.35. The van der Waals surface area contributed by atoms with Gasteiger partial charge in [-0.05, 0) is 61.4 Å². The molecule has 0 aromatic heterocycles. The highest BCUT2D eigenvalue weighted by molar-refractivity contribution is 5.98. The SMILES string of the molecule is Cc1ccc(-c2ccc3c(c2)C2(CCOCC2)CN3C(=O)C2CCCCC2)cc1. The molecule has 0 N–H and O–H groups in total. The van der Waals surface area contributed by atoms with Crippen molar-refractivity contribution in [3.05, 3.63) is 53.6 Å². The van der Waals surface area contributed by atoms with Gasteiger partial charge in [-0.3, -0.25) is 4.79 Å². The zero-order valence-electron chi connectivity index (χ0n) is 17.5. The first-order chi connectivity index (χ1) is 14.2. The number of hydrogen-bond acceptors (Lipinski definition) is 2. The van der Waals surface area contributed by atoms with Crippen LogP contribution in [0.3, 0.4) is 0 Å². The van der Waals surface area contributed by atoms with E-state index in [2.05, 4.69) is 54.3 Å². The predicted molar refractivity (Wildman–Crippen MR) is 117 cm³/mol. The highest BCUT2D eigenvalue weighted by Crippen LogP contribution is 2.49. The zero-order chi connectivity index (χ0) is 19.8. The Labute approximate surface area is 174 Å². The molecular formula is C26H31NO2. The number of rotatable bonds is 2. The monoisotopic (exact) mass is 389 g/mol. The number of carbonyl (C=O) groups excluding carboxylic acids is 1. The number of hydrogen-bond donors (Lipinski definition) is 0. The van der Waals surface area contributed by atoms with Gasteiger partial charge in [0.1, 0.15) is 0 Å². The first-order valence-corrected chi connectivity index (χ1v) is 11.3. The molecule has 0 radical (unpaired) electrons. The van der Waals surface area contributed by atoms with Crippen LogP contribution in [0.25, 0.3) is 11.1 Å². The van der Waals surface area contributed by atoms with E-state index in [4.69, 9.17) is 4.74 Å². The lowest BCUT2D eigenvalue weighted by Gasteiger charge is -2.35. The van der Waals surface area contributed by atoms with E-state index in [1.807, 2.05) is 0 Å². The molecule has 1 amide bonds. The standard InChI is InChI=1S/C26H31NO2/c1-19-7-9-20(10-8-19)22-11-12-24-23(17-22)26(13-15-29-16-14-26)18-27(24)25(28)21-5-3-2-4-6-21/h7-12,17,21H,2-6,13-16,18H2,1H3. The predicted octanol–water partition coefficient (Wildman–Crippen LogP) is 5.64. The van der Waals surface area contributed by atoms with E-state index in [1.54, 1.807) is 0 Å². The number of amides is 1. The number of nitrogens with zero attached hydrogens (tertiary/aromatic N) is 1. The fourth-order valence-electron chi connectivity index (χ4n) is 5.55. The van der Waals surface area contributed by atoms with Gasteiger partial charge in [-0.2, -0.15) is 0 Å². The number of fused-ring (bicyclic) bond motifs is 2. The quantitative estimate of drug-likeness (QED) is 0.665. The molecule has 2 aromatic carbocycles. The smallest absolute Gasteiger partial charge is 0.230 e. The van der Waals surface area contributed by atoms with Crippen molar-refractivity contribution in [2.45, 2.75) is 57.3 Å². The Bertz CT molecular complexity index is 889. The molecule has 2 aliphatic heterocycles. The summed E-state index contributed by atoms with van der Waals surface area (Å²) in [6, 6.07) is 15.5. The molecule has 0 bridgehead atoms. The molecule has 1 saturated carbocycles. The van der Waals surface area contributed by atoms with Gasteiger partial charge in [0.2, 0.25) is 5.91 Å². The van der Waals surface area contributed by atoms with E-state index in [0.717, 1.165) is 51.1 Å². The number of benzene rings is 2. The van der Waals surface area contributed by atoms with Crippen molar-refractivity contribution in [2.75, 3.05) is 24.7 Å². The van der Waals surface area contributed by atoms with E-state index in [-0.39, 0.29) is 11.3 Å². The van der Waals surface area contributed by atoms with Crippen LogP contribution in [0, 0.1) is 12.8 Å². The van der Waals surface area contributed by atoms with Crippen molar-refractivity contribution in [2.24, 2.45) is 5.92 Å². The zero-order valence-corrected chi connectivity index (χ0v) is 17.5. The molecule has 2 heterocycles. The van der Waals surface area contributed by atoms with Gasteiger partial charge in [-0.15, -0.1) is 0 Å². The molecule has 3 aliphatic rings. The molecule has 0 atom stereocenters. The Morgan fingerprint density at radius 1 is 0.966 bits per heavy atom. The average molecular weight is 390 g/mol. The second kappa shape index (κ2) is 7.60. The molecule has 3 heteroatoms. The molecule has 3 nitrogen and oxygen atoms in total. The third-order valence-electron chi connectivity index (χ3n) is 7.37. The molecule has 1 spiro atoms. The van der Waals surface area contributed by atoms with Gasteiger partial charge in [-0.1, -0.05) is 55.2 Å². The van der Waals surface area contributed by atoms with Gasteiger partial charge in [0.05, 0.1) is 0 Å². The van der Waals surface area contributed by atoms with Gasteiger partial charge < -0.3 is 9.64 Å². The lowest BCUT2D eigenvalue weighted by atomic mass is 9.75. The summed E-state index contributed by atoms with van der Waals surface area (Å²) in [4.78, 5) is 15.6. The average Bonchev–Trinajstić information content (AvgIpc) is 3.08. The second-order valence-corrected chi connectivity index (χ2v) is 9.25. The number of carbonyl (C=O) groups is 1. The third kappa shape index (κ3) is 3.40. The van der Waals surface area contributed by atoms with Crippen molar-refractivity contribution >= 4 is 11.6 Å². The Balaban J connectivity index is 1.54. The van der Waals surface area contributed by atoms with Crippen LogP contribution in [0.2, 0.25) is 0 Å². The van der Waals surface area contributed by atoms with Crippen molar-refractivity contribution in [3.8, 4) is 11.1 Å². The third-order valence-corrected chi connectivity index (χ3v) is 7.37. The van der Waals surface area contributed by atoms with Crippen LogP contribution in [-0.2, 0) is 14.9 Å². The Morgan fingerprint density at radius 2 is 1.66 bits per heavy atom. The van der Waals surface area contributed by atoms with Gasteiger partial charge in [0.25, 0.3) is 0 Å². The summed E-state index contributed by atoms with van der Waals surface area (Å²) in [6.07, 6.45) is 7.80. The molecular weight excluding hydrogens is 358 g/mol. The molecule has 1 saturated heterocycles. The van der Waals surface area contributed by atoms with E-state index in [1.165, 1.54) is 41.5 Å². The van der Waals surface area contributed by atoms with Crippen LogP contribution in [0.4, 0.5) is 5.69 Å². The summed E-state index contributed by atoms with van der Waals surface area (Å²) in [5, 5.41) is 0. The topological polar surface area (TPSA) is 29.5 Å². The van der Waals surface area contributed by atoms with Crippen LogP contribution in [0.1, 0.15) is 56.1 Å². The number of anilines is 1. The maximum Gasteiger partial charge on any atom is 0.230 e. The number of aryl methyl sites for hydroxylation is 1. The molecule has 0 unspecified atom stereocenters. The lowest BCUT2D eigenvalue weighted by molar-refractivity contribution is -0.123. The fourth-order valence-corrected chi connectivity index (χ4v) is 5.55. The van der Waals surface area contributed by atoms with Crippen molar-refractivity contribution < 1.29 is 9.53 Å². The van der Waals surface area contributed by atoms with Gasteiger partial charge in [0.15, 0.2) is 0 Å². The van der Waals surface area contributed by atoms with Crippen molar-refractivity contribution in [3.63, 3.8) is 0 Å². The maximum atomic E-state index is 13.5. The molecule has 1 aliphatic carbocycles. The summed E-state index contributed by atoms with van der Waals surface area (Å²) < 4.78 is 5.71. The maximum absolute atomic E-state index is 13.5. The van der Waals surface area contributed by atoms with Crippen LogP contribution in [0.15, 0.2) is 42.5 Å². The molecule has 152 valence electrons. The first-order valence-electron chi connectivity index (χ1n) is 11.3. The minimum Gasteiger partial charge on any atom is -0.381 e. The summed E-state index contributed by atoms with van der Waals surface area (Å²) in [5.74, 6) is 0.570. The fraction of sp³-hybridized carbons (Fsp3) is 0.500. The number of ether oxygens (including phenoxy) is 1. The normalized spacial score (nSPS) is 21.3. The molecule has 2 aromatic rings. The minimum absolute atomic E-state index is 0.0542. The van der Waals surface area contributed by atoms with Crippen LogP contribution in [0.5, 0.6) is 0 Å². The van der Waals surface area contributed by atoms with Crippen LogP contribution >= 0.6 is 0 Å². The molecule has 29 heavy (non-hydrogen) atoms. The molecule has 5 rings (SSSR count). The minimum atomic E-state index is 0.0542. The van der Waals surface area contributed by atoms with E-state index < -0.39 is 0 Å². The summed E-state index contributed by atoms with van der Waals surface area (Å²) in [7, 11) is 0. The van der Waals surface area contributed by atoms with E-state index in [0.29, 0.717) is 5.91 Å². The van der Waals surface area contributed by atoms with Crippen LogP contribution < -0.4 is 4.90 Å². The summed E-state index contributed by atoms with van der Waals surface area (Å²) in [6.45, 7) is 4.54. The van der Waals surface area contributed by atoms with E-state index >= 15 is 0 Å². The Hall–Kier alpha value is -2.13. The van der Waals surface area contributed by atoms with Crippen LogP contribution in [-0.4, -0.2) is 25.7 Å². The highest BCUT2D eigenvalue weighted by atomic mass is 16.5.